The van der Waals surface area contributed by atoms with Crippen molar-refractivity contribution in [2.45, 2.75) is 71.9 Å². The Bertz CT molecular complexity index is 278. The van der Waals surface area contributed by atoms with Crippen LogP contribution in [-0.2, 0) is 4.79 Å². The summed E-state index contributed by atoms with van der Waals surface area (Å²) >= 11 is 0. The summed E-state index contributed by atoms with van der Waals surface area (Å²) < 4.78 is 0. The molecule has 0 radical (unpaired) electrons. The third-order valence-corrected chi connectivity index (χ3v) is 4.50. The molecule has 100 valence electrons. The molecule has 2 N–H and O–H groups in total. The van der Waals surface area contributed by atoms with E-state index < -0.39 is 11.0 Å². The summed E-state index contributed by atoms with van der Waals surface area (Å²) in [5.41, 5.74) is 5.17. The van der Waals surface area contributed by atoms with Gasteiger partial charge in [-0.2, -0.15) is 0 Å². The highest BCUT2D eigenvalue weighted by Crippen LogP contribution is 2.33. The van der Waals surface area contributed by atoms with E-state index in [2.05, 4.69) is 11.8 Å². The third kappa shape index (κ3) is 2.82. The molecule has 3 heteroatoms. The second-order valence-electron chi connectivity index (χ2n) is 6.40. The van der Waals surface area contributed by atoms with Gasteiger partial charge in [0.25, 0.3) is 0 Å². The van der Waals surface area contributed by atoms with Gasteiger partial charge >= 0.3 is 0 Å². The number of hydrogen-bond acceptors (Lipinski definition) is 2. The van der Waals surface area contributed by atoms with Gasteiger partial charge in [0.1, 0.15) is 0 Å². The lowest BCUT2D eigenvalue weighted by Gasteiger charge is -2.44. The summed E-state index contributed by atoms with van der Waals surface area (Å²) in [6, 6.07) is 0.415. The minimum absolute atomic E-state index is 0.219. The molecule has 0 aromatic rings. The molecule has 1 amide bonds. The lowest BCUT2D eigenvalue weighted by Crippen LogP contribution is -2.59. The van der Waals surface area contributed by atoms with Gasteiger partial charge in [0.15, 0.2) is 0 Å². The summed E-state index contributed by atoms with van der Waals surface area (Å²) in [6.45, 7) is 10.9. The van der Waals surface area contributed by atoms with Gasteiger partial charge in [0, 0.05) is 18.1 Å². The Morgan fingerprint density at radius 2 is 1.88 bits per heavy atom. The molecule has 0 aliphatic carbocycles. The molecule has 1 heterocycles. The summed E-state index contributed by atoms with van der Waals surface area (Å²) in [7, 11) is 0. The number of carbonyl (C=O) groups is 1. The van der Waals surface area contributed by atoms with Gasteiger partial charge in [0.05, 0.1) is 5.41 Å². The standard InChI is InChI=1S/C14H28N2O/c1-6-11-9-7-8-10-16(11)12(17)13(2,3)14(4,5)15/h11H,6-10,15H2,1-5H3. The predicted octanol–water partition coefficient (Wildman–Crippen LogP) is 2.54. The molecule has 1 atom stereocenters. The number of piperidine rings is 1. The topological polar surface area (TPSA) is 46.3 Å². The number of hydrogen-bond donors (Lipinski definition) is 1. The molecule has 0 bridgehead atoms. The Kier molecular flexibility index (Phi) is 4.23. The van der Waals surface area contributed by atoms with E-state index in [-0.39, 0.29) is 5.91 Å². The first-order valence-electron chi connectivity index (χ1n) is 6.81. The van der Waals surface area contributed by atoms with Gasteiger partial charge in [-0.25, -0.2) is 0 Å². The van der Waals surface area contributed by atoms with Crippen molar-refractivity contribution in [1.82, 2.24) is 4.90 Å². The summed E-state index contributed by atoms with van der Waals surface area (Å²) in [4.78, 5) is 14.7. The van der Waals surface area contributed by atoms with Crippen LogP contribution in [0.5, 0.6) is 0 Å². The van der Waals surface area contributed by atoms with E-state index in [4.69, 9.17) is 5.73 Å². The number of amides is 1. The number of nitrogens with two attached hydrogens (primary N) is 1. The SMILES string of the molecule is CCC1CCCCN1C(=O)C(C)(C)C(C)(C)N. The third-order valence-electron chi connectivity index (χ3n) is 4.50. The highest BCUT2D eigenvalue weighted by atomic mass is 16.2. The average molecular weight is 240 g/mol. The summed E-state index contributed by atoms with van der Waals surface area (Å²) in [6.07, 6.45) is 4.56. The predicted molar refractivity (Wildman–Crippen MR) is 71.7 cm³/mol. The highest BCUT2D eigenvalue weighted by Gasteiger charge is 2.44. The average Bonchev–Trinajstić information content (AvgIpc) is 2.26. The van der Waals surface area contributed by atoms with Crippen LogP contribution in [0.1, 0.15) is 60.3 Å². The maximum Gasteiger partial charge on any atom is 0.230 e. The normalized spacial score (nSPS) is 22.7. The van der Waals surface area contributed by atoms with Gasteiger partial charge in [-0.05, 0) is 53.4 Å². The van der Waals surface area contributed by atoms with E-state index >= 15 is 0 Å². The Balaban J connectivity index is 2.87. The second-order valence-corrected chi connectivity index (χ2v) is 6.40. The number of rotatable bonds is 3. The van der Waals surface area contributed by atoms with E-state index in [1.165, 1.54) is 6.42 Å². The van der Waals surface area contributed by atoms with Gasteiger partial charge in [-0.15, -0.1) is 0 Å². The van der Waals surface area contributed by atoms with Crippen molar-refractivity contribution in [3.05, 3.63) is 0 Å². The number of nitrogens with zero attached hydrogens (tertiary/aromatic N) is 1. The van der Waals surface area contributed by atoms with Crippen LogP contribution in [0.3, 0.4) is 0 Å². The fourth-order valence-corrected chi connectivity index (χ4v) is 2.33. The fourth-order valence-electron chi connectivity index (χ4n) is 2.33. The van der Waals surface area contributed by atoms with E-state index in [1.54, 1.807) is 0 Å². The smallest absolute Gasteiger partial charge is 0.230 e. The lowest BCUT2D eigenvalue weighted by atomic mass is 9.73. The van der Waals surface area contributed by atoms with Crippen LogP contribution in [0.2, 0.25) is 0 Å². The number of likely N-dealkylation sites (tertiary alicyclic amines) is 1. The van der Waals surface area contributed by atoms with Gasteiger partial charge in [-0.1, -0.05) is 6.92 Å². The lowest BCUT2D eigenvalue weighted by molar-refractivity contribution is -0.147. The molecule has 1 aliphatic heterocycles. The molecular formula is C14H28N2O. The Morgan fingerprint density at radius 3 is 2.35 bits per heavy atom. The molecule has 17 heavy (non-hydrogen) atoms. The fraction of sp³-hybridized carbons (Fsp3) is 0.929. The quantitative estimate of drug-likeness (QED) is 0.824. The molecule has 0 saturated carbocycles. The summed E-state index contributed by atoms with van der Waals surface area (Å²) in [5.74, 6) is 0.219. The first-order valence-corrected chi connectivity index (χ1v) is 6.81. The van der Waals surface area contributed by atoms with Crippen LogP contribution >= 0.6 is 0 Å². The van der Waals surface area contributed by atoms with Crippen LogP contribution in [0.15, 0.2) is 0 Å². The van der Waals surface area contributed by atoms with Crippen LogP contribution in [0, 0.1) is 5.41 Å². The van der Waals surface area contributed by atoms with Crippen molar-refractivity contribution in [3.8, 4) is 0 Å². The maximum absolute atomic E-state index is 12.7. The first kappa shape index (κ1) is 14.5. The van der Waals surface area contributed by atoms with Crippen molar-refractivity contribution in [1.29, 1.82) is 0 Å². The minimum Gasteiger partial charge on any atom is -0.339 e. The highest BCUT2D eigenvalue weighted by molar-refractivity contribution is 5.83. The van der Waals surface area contributed by atoms with Gasteiger partial charge < -0.3 is 10.6 Å². The van der Waals surface area contributed by atoms with E-state index in [1.807, 2.05) is 27.7 Å². The molecule has 1 unspecified atom stereocenters. The second kappa shape index (κ2) is 4.97. The van der Waals surface area contributed by atoms with Crippen molar-refractivity contribution >= 4 is 5.91 Å². The Hall–Kier alpha value is -0.570. The molecule has 1 saturated heterocycles. The molecule has 1 rings (SSSR count). The molecule has 3 nitrogen and oxygen atoms in total. The van der Waals surface area contributed by atoms with E-state index in [9.17, 15) is 4.79 Å². The molecule has 1 aliphatic rings. The van der Waals surface area contributed by atoms with Crippen molar-refractivity contribution in [2.24, 2.45) is 11.1 Å². The van der Waals surface area contributed by atoms with Crippen molar-refractivity contribution in [3.63, 3.8) is 0 Å². The van der Waals surface area contributed by atoms with Gasteiger partial charge in [-0.3, -0.25) is 4.79 Å². The maximum atomic E-state index is 12.7. The van der Waals surface area contributed by atoms with E-state index in [0.29, 0.717) is 6.04 Å². The monoisotopic (exact) mass is 240 g/mol. The molecule has 0 aromatic heterocycles. The Morgan fingerprint density at radius 1 is 1.29 bits per heavy atom. The summed E-state index contributed by atoms with van der Waals surface area (Å²) in [5, 5.41) is 0. The zero-order valence-corrected chi connectivity index (χ0v) is 12.0. The van der Waals surface area contributed by atoms with Crippen molar-refractivity contribution in [2.75, 3.05) is 6.54 Å². The van der Waals surface area contributed by atoms with Crippen LogP contribution in [-0.4, -0.2) is 28.9 Å². The van der Waals surface area contributed by atoms with Crippen LogP contribution in [0.4, 0.5) is 0 Å². The molecule has 0 spiro atoms. The zero-order valence-electron chi connectivity index (χ0n) is 12.0. The van der Waals surface area contributed by atoms with Crippen LogP contribution < -0.4 is 5.73 Å². The first-order chi connectivity index (χ1) is 7.71. The minimum atomic E-state index is -0.502. The number of carbonyl (C=O) groups excluding carboxylic acids is 1. The Labute approximate surface area is 106 Å². The molecular weight excluding hydrogens is 212 g/mol. The van der Waals surface area contributed by atoms with Gasteiger partial charge in [0.2, 0.25) is 5.91 Å². The molecule has 0 aromatic carbocycles. The largest absolute Gasteiger partial charge is 0.339 e. The zero-order chi connectivity index (χ0) is 13.3. The molecule has 1 fully saturated rings. The van der Waals surface area contributed by atoms with E-state index in [0.717, 1.165) is 25.8 Å². The van der Waals surface area contributed by atoms with Crippen LogP contribution in [0.25, 0.3) is 0 Å². The van der Waals surface area contributed by atoms with Crippen molar-refractivity contribution < 1.29 is 4.79 Å².